The standard InChI is InChI=1S/C24H21BrF3N3O4S/c1-16-7-9-18(10-8-16)31(36(33,34)19-11-12-22(35-2)21(25)13-19)15-23(32)30-29-14-17-5-3-4-6-20(17)24(26,27)28/h3-14H,15H2,1-2H3,(H,30,32)/b29-14-. The number of benzene rings is 3. The summed E-state index contributed by atoms with van der Waals surface area (Å²) >= 11 is 3.26. The molecule has 0 saturated heterocycles. The van der Waals surface area contributed by atoms with Crippen molar-refractivity contribution in [2.75, 3.05) is 18.0 Å². The fourth-order valence-corrected chi connectivity index (χ4v) is 5.31. The number of nitrogens with one attached hydrogen (secondary N) is 1. The quantitative estimate of drug-likeness (QED) is 0.294. The normalized spacial score (nSPS) is 11.9. The van der Waals surface area contributed by atoms with Crippen LogP contribution in [0, 0.1) is 6.92 Å². The van der Waals surface area contributed by atoms with Crippen molar-refractivity contribution in [3.8, 4) is 5.75 Å². The molecule has 0 aromatic heterocycles. The fourth-order valence-electron chi connectivity index (χ4n) is 3.17. The first-order chi connectivity index (χ1) is 16.9. The van der Waals surface area contributed by atoms with Crippen molar-refractivity contribution in [1.29, 1.82) is 0 Å². The zero-order chi connectivity index (χ0) is 26.5. The number of amides is 1. The molecule has 3 rings (SSSR count). The van der Waals surface area contributed by atoms with Crippen LogP contribution in [0.15, 0.2) is 81.2 Å². The maximum atomic E-state index is 13.5. The van der Waals surface area contributed by atoms with Crippen LogP contribution >= 0.6 is 15.9 Å². The number of hydrogen-bond donors (Lipinski definition) is 1. The van der Waals surface area contributed by atoms with Crippen molar-refractivity contribution in [2.45, 2.75) is 18.0 Å². The number of aryl methyl sites for hydroxylation is 1. The van der Waals surface area contributed by atoms with Gasteiger partial charge in [0.25, 0.3) is 15.9 Å². The van der Waals surface area contributed by atoms with Crippen molar-refractivity contribution in [3.63, 3.8) is 0 Å². The number of methoxy groups -OCH3 is 1. The van der Waals surface area contributed by atoms with Gasteiger partial charge < -0.3 is 4.74 Å². The van der Waals surface area contributed by atoms with E-state index in [0.29, 0.717) is 10.2 Å². The summed E-state index contributed by atoms with van der Waals surface area (Å²) in [5, 5.41) is 3.60. The summed E-state index contributed by atoms with van der Waals surface area (Å²) in [5.74, 6) is -0.436. The number of carbonyl (C=O) groups is 1. The highest BCUT2D eigenvalue weighted by atomic mass is 79.9. The van der Waals surface area contributed by atoms with E-state index in [1.807, 2.05) is 6.92 Å². The van der Waals surface area contributed by atoms with Crippen LogP contribution in [0.1, 0.15) is 16.7 Å². The van der Waals surface area contributed by atoms with Crippen LogP contribution < -0.4 is 14.5 Å². The Balaban J connectivity index is 1.88. The molecular formula is C24H21BrF3N3O4S. The third-order valence-electron chi connectivity index (χ3n) is 4.98. The fraction of sp³-hybridized carbons (Fsp3) is 0.167. The Bertz CT molecular complexity index is 1380. The van der Waals surface area contributed by atoms with Gasteiger partial charge in [-0.2, -0.15) is 18.3 Å². The lowest BCUT2D eigenvalue weighted by Gasteiger charge is -2.24. The number of carbonyl (C=O) groups excluding carboxylic acids is 1. The lowest BCUT2D eigenvalue weighted by Crippen LogP contribution is -2.39. The number of halogens is 4. The molecule has 12 heteroatoms. The van der Waals surface area contributed by atoms with Crippen LogP contribution in [-0.4, -0.2) is 34.2 Å². The molecule has 36 heavy (non-hydrogen) atoms. The zero-order valence-electron chi connectivity index (χ0n) is 19.1. The molecule has 0 aliphatic carbocycles. The lowest BCUT2D eigenvalue weighted by molar-refractivity contribution is -0.137. The summed E-state index contributed by atoms with van der Waals surface area (Å²) < 4.78 is 72.8. The van der Waals surface area contributed by atoms with Crippen molar-refractivity contribution in [1.82, 2.24) is 5.43 Å². The number of hydrogen-bond acceptors (Lipinski definition) is 5. The molecule has 0 unspecified atom stereocenters. The monoisotopic (exact) mass is 583 g/mol. The molecule has 1 N–H and O–H groups in total. The van der Waals surface area contributed by atoms with Crippen molar-refractivity contribution in [2.24, 2.45) is 5.10 Å². The van der Waals surface area contributed by atoms with Gasteiger partial charge in [-0.25, -0.2) is 13.8 Å². The summed E-state index contributed by atoms with van der Waals surface area (Å²) in [5.41, 5.74) is 2.02. The van der Waals surface area contributed by atoms with Crippen molar-refractivity contribution < 1.29 is 31.1 Å². The average molecular weight is 584 g/mol. The summed E-state index contributed by atoms with van der Waals surface area (Å²) in [6.45, 7) is 1.15. The number of alkyl halides is 3. The second-order valence-electron chi connectivity index (χ2n) is 7.52. The highest BCUT2D eigenvalue weighted by Gasteiger charge is 2.32. The van der Waals surface area contributed by atoms with E-state index >= 15 is 0 Å². The number of ether oxygens (including phenoxy) is 1. The Morgan fingerprint density at radius 3 is 2.39 bits per heavy atom. The molecule has 0 radical (unpaired) electrons. The minimum Gasteiger partial charge on any atom is -0.496 e. The average Bonchev–Trinajstić information content (AvgIpc) is 2.82. The van der Waals surface area contributed by atoms with E-state index in [2.05, 4.69) is 26.5 Å². The van der Waals surface area contributed by atoms with Gasteiger partial charge in [0, 0.05) is 5.56 Å². The molecule has 0 spiro atoms. The number of sulfonamides is 1. The summed E-state index contributed by atoms with van der Waals surface area (Å²) in [4.78, 5) is 12.5. The Morgan fingerprint density at radius 2 is 1.78 bits per heavy atom. The van der Waals surface area contributed by atoms with Crippen LogP contribution in [-0.2, 0) is 21.0 Å². The molecule has 3 aromatic carbocycles. The molecule has 1 amide bonds. The van der Waals surface area contributed by atoms with E-state index in [-0.39, 0.29) is 16.1 Å². The van der Waals surface area contributed by atoms with Crippen LogP contribution in [0.3, 0.4) is 0 Å². The SMILES string of the molecule is COc1ccc(S(=O)(=O)N(CC(=O)N/N=C\c2ccccc2C(F)(F)F)c2ccc(C)cc2)cc1Br. The summed E-state index contributed by atoms with van der Waals surface area (Å²) in [6, 6.07) is 15.3. The van der Waals surface area contributed by atoms with Crippen LogP contribution in [0.4, 0.5) is 18.9 Å². The zero-order valence-corrected chi connectivity index (χ0v) is 21.5. The minimum atomic E-state index is -4.60. The van der Waals surface area contributed by atoms with E-state index in [1.165, 1.54) is 43.5 Å². The van der Waals surface area contributed by atoms with Crippen LogP contribution in [0.2, 0.25) is 0 Å². The Hall–Kier alpha value is -3.38. The van der Waals surface area contributed by atoms with Gasteiger partial charge in [0.05, 0.1) is 33.9 Å². The molecule has 190 valence electrons. The van der Waals surface area contributed by atoms with E-state index in [9.17, 15) is 26.4 Å². The van der Waals surface area contributed by atoms with Crippen LogP contribution in [0.5, 0.6) is 5.75 Å². The first kappa shape index (κ1) is 27.2. The molecule has 7 nitrogen and oxygen atoms in total. The van der Waals surface area contributed by atoms with Crippen LogP contribution in [0.25, 0.3) is 0 Å². The number of anilines is 1. The number of hydrazone groups is 1. The maximum absolute atomic E-state index is 13.5. The molecule has 0 fully saturated rings. The second kappa shape index (κ2) is 11.1. The predicted molar refractivity (Wildman–Crippen MR) is 134 cm³/mol. The molecule has 0 atom stereocenters. The molecule has 0 aliphatic heterocycles. The van der Waals surface area contributed by atoms with Gasteiger partial charge in [0.1, 0.15) is 12.3 Å². The van der Waals surface area contributed by atoms with E-state index in [4.69, 9.17) is 4.74 Å². The first-order valence-electron chi connectivity index (χ1n) is 10.3. The number of rotatable bonds is 8. The largest absolute Gasteiger partial charge is 0.496 e. The van der Waals surface area contributed by atoms with Gasteiger partial charge in [-0.3, -0.25) is 9.10 Å². The maximum Gasteiger partial charge on any atom is 0.417 e. The number of nitrogens with zero attached hydrogens (tertiary/aromatic N) is 2. The Kier molecular flexibility index (Phi) is 8.41. The second-order valence-corrected chi connectivity index (χ2v) is 10.2. The van der Waals surface area contributed by atoms with E-state index in [0.717, 1.165) is 22.1 Å². The Labute approximate surface area is 214 Å². The molecule has 0 bridgehead atoms. The summed E-state index contributed by atoms with van der Waals surface area (Å²) in [7, 11) is -2.79. The topological polar surface area (TPSA) is 88.1 Å². The smallest absolute Gasteiger partial charge is 0.417 e. The molecule has 0 heterocycles. The first-order valence-corrected chi connectivity index (χ1v) is 12.6. The summed E-state index contributed by atoms with van der Waals surface area (Å²) in [6.07, 6.45) is -3.75. The molecular weight excluding hydrogens is 563 g/mol. The van der Waals surface area contributed by atoms with Gasteiger partial charge in [-0.05, 0) is 59.3 Å². The third-order valence-corrected chi connectivity index (χ3v) is 7.37. The van der Waals surface area contributed by atoms with Gasteiger partial charge >= 0.3 is 6.18 Å². The molecule has 0 saturated carbocycles. The highest BCUT2D eigenvalue weighted by Crippen LogP contribution is 2.32. The van der Waals surface area contributed by atoms with Gasteiger partial charge in [0.2, 0.25) is 0 Å². The van der Waals surface area contributed by atoms with Crippen molar-refractivity contribution >= 4 is 43.8 Å². The molecule has 0 aliphatic rings. The van der Waals surface area contributed by atoms with Gasteiger partial charge in [-0.15, -0.1) is 0 Å². The van der Waals surface area contributed by atoms with Crippen molar-refractivity contribution in [3.05, 3.63) is 87.9 Å². The minimum absolute atomic E-state index is 0.105. The third kappa shape index (κ3) is 6.43. The highest BCUT2D eigenvalue weighted by molar-refractivity contribution is 9.10. The predicted octanol–water partition coefficient (Wildman–Crippen LogP) is 5.13. The van der Waals surface area contributed by atoms with Gasteiger partial charge in [0.15, 0.2) is 0 Å². The van der Waals surface area contributed by atoms with E-state index < -0.39 is 34.2 Å². The Morgan fingerprint density at radius 1 is 1.11 bits per heavy atom. The van der Waals surface area contributed by atoms with Gasteiger partial charge in [-0.1, -0.05) is 35.9 Å². The molecule has 3 aromatic rings. The van der Waals surface area contributed by atoms with E-state index in [1.54, 1.807) is 24.3 Å². The lowest BCUT2D eigenvalue weighted by atomic mass is 10.1.